The molecule has 60 valence electrons. The fraction of sp³-hybridized carbons (Fsp3) is 1.00. The minimum absolute atomic E-state index is 0.407. The molecule has 0 aromatic rings. The highest BCUT2D eigenvalue weighted by atomic mass is 16.6. The van der Waals surface area contributed by atoms with Gasteiger partial charge in [-0.1, -0.05) is 0 Å². The maximum atomic E-state index is 8.93. The first-order chi connectivity index (χ1) is 4.66. The van der Waals surface area contributed by atoms with Crippen LogP contribution in [0.25, 0.3) is 0 Å². The number of aliphatic hydroxyl groups excluding tert-OH is 4. The minimum atomic E-state index is -1.38. The van der Waals surface area contributed by atoms with Crippen molar-refractivity contribution < 1.29 is 25.2 Å². The van der Waals surface area contributed by atoms with Crippen LogP contribution in [0.5, 0.6) is 0 Å². The maximum absolute atomic E-state index is 8.93. The van der Waals surface area contributed by atoms with E-state index in [2.05, 4.69) is 4.74 Å². The zero-order valence-electron chi connectivity index (χ0n) is 5.21. The lowest BCUT2D eigenvalue weighted by Gasteiger charge is -2.09. The van der Waals surface area contributed by atoms with E-state index in [1.165, 1.54) is 0 Å². The Morgan fingerprint density at radius 1 is 1.10 bits per heavy atom. The van der Waals surface area contributed by atoms with E-state index in [1.54, 1.807) is 0 Å². The summed E-state index contributed by atoms with van der Waals surface area (Å²) >= 11 is 0. The van der Waals surface area contributed by atoms with Crippen LogP contribution in [0.2, 0.25) is 0 Å². The minimum Gasteiger partial charge on any atom is -0.394 e. The van der Waals surface area contributed by atoms with Gasteiger partial charge in [0.15, 0.2) is 6.29 Å². The Morgan fingerprint density at radius 3 is 1.90 bits per heavy atom. The normalized spacial score (nSPS) is 48.0. The Bertz CT molecular complexity index is 117. The topological polar surface area (TPSA) is 90.2 Å². The van der Waals surface area contributed by atoms with E-state index in [-0.39, 0.29) is 0 Å². The Morgan fingerprint density at radius 2 is 1.70 bits per heavy atom. The molecule has 0 bridgehead atoms. The molecule has 1 heterocycles. The molecule has 5 nitrogen and oxygen atoms in total. The zero-order chi connectivity index (χ0) is 7.72. The van der Waals surface area contributed by atoms with E-state index in [0.717, 1.165) is 0 Å². The van der Waals surface area contributed by atoms with Crippen molar-refractivity contribution in [2.75, 3.05) is 6.61 Å². The predicted octanol–water partition coefficient (Wildman–Crippen LogP) is -2.58. The fourth-order valence-electron chi connectivity index (χ4n) is 0.880. The lowest BCUT2D eigenvalue weighted by Crippen LogP contribution is -2.33. The number of rotatable bonds is 1. The van der Waals surface area contributed by atoms with Crippen molar-refractivity contribution in [2.45, 2.75) is 24.6 Å². The summed E-state index contributed by atoms with van der Waals surface area (Å²) in [6.45, 7) is -0.407. The van der Waals surface area contributed by atoms with Crippen LogP contribution in [0.15, 0.2) is 0 Å². The van der Waals surface area contributed by atoms with Crippen molar-refractivity contribution in [1.29, 1.82) is 0 Å². The highest BCUT2D eigenvalue weighted by Gasteiger charge is 2.41. The molecule has 0 aliphatic carbocycles. The first-order valence-electron chi connectivity index (χ1n) is 2.97. The highest BCUT2D eigenvalue weighted by Crippen LogP contribution is 2.18. The van der Waals surface area contributed by atoms with Crippen LogP contribution < -0.4 is 0 Å². The molecule has 5 heteroatoms. The van der Waals surface area contributed by atoms with Gasteiger partial charge in [0.2, 0.25) is 0 Å². The third-order valence-electron chi connectivity index (χ3n) is 1.52. The van der Waals surface area contributed by atoms with Crippen molar-refractivity contribution in [2.24, 2.45) is 0 Å². The van der Waals surface area contributed by atoms with Gasteiger partial charge in [0, 0.05) is 0 Å². The predicted molar refractivity (Wildman–Crippen MR) is 30.0 cm³/mol. The summed E-state index contributed by atoms with van der Waals surface area (Å²) in [5, 5.41) is 35.0. The summed E-state index contributed by atoms with van der Waals surface area (Å²) in [7, 11) is 0. The molecule has 1 unspecified atom stereocenters. The molecular weight excluding hydrogens is 140 g/mol. The van der Waals surface area contributed by atoms with E-state index in [9.17, 15) is 0 Å². The Labute approximate surface area is 57.5 Å². The second kappa shape index (κ2) is 2.81. The van der Waals surface area contributed by atoms with Gasteiger partial charge in [-0.05, 0) is 0 Å². The molecule has 1 saturated heterocycles. The van der Waals surface area contributed by atoms with E-state index in [4.69, 9.17) is 20.4 Å². The molecule has 4 atom stereocenters. The van der Waals surface area contributed by atoms with Crippen LogP contribution in [0, 0.1) is 0 Å². The largest absolute Gasteiger partial charge is 0.394 e. The van der Waals surface area contributed by atoms with Gasteiger partial charge in [0.25, 0.3) is 0 Å². The molecular formula is C5H10O5. The van der Waals surface area contributed by atoms with Crippen LogP contribution in [0.4, 0.5) is 0 Å². The monoisotopic (exact) mass is 150 g/mol. The van der Waals surface area contributed by atoms with Crippen LogP contribution in [0.3, 0.4) is 0 Å². The number of ether oxygens (including phenoxy) is 1. The Kier molecular flexibility index (Phi) is 2.22. The van der Waals surface area contributed by atoms with Gasteiger partial charge in [-0.15, -0.1) is 0 Å². The van der Waals surface area contributed by atoms with E-state index in [0.29, 0.717) is 0 Å². The van der Waals surface area contributed by atoms with Crippen molar-refractivity contribution >= 4 is 0 Å². The van der Waals surface area contributed by atoms with Gasteiger partial charge in [0.1, 0.15) is 18.3 Å². The lowest BCUT2D eigenvalue weighted by atomic mass is 10.1. The molecule has 4 N–H and O–H groups in total. The Balaban J connectivity index is 2.53. The molecule has 0 spiro atoms. The highest BCUT2D eigenvalue weighted by molar-refractivity contribution is 4.84. The molecule has 0 radical (unpaired) electrons. The molecule has 1 aliphatic heterocycles. The number of hydrogen-bond acceptors (Lipinski definition) is 5. The van der Waals surface area contributed by atoms with Gasteiger partial charge >= 0.3 is 0 Å². The van der Waals surface area contributed by atoms with Crippen LogP contribution in [-0.4, -0.2) is 51.6 Å². The average molecular weight is 150 g/mol. The van der Waals surface area contributed by atoms with Crippen molar-refractivity contribution in [3.8, 4) is 0 Å². The van der Waals surface area contributed by atoms with Crippen molar-refractivity contribution in [3.63, 3.8) is 0 Å². The summed E-state index contributed by atoms with van der Waals surface area (Å²) in [6, 6.07) is 0. The van der Waals surface area contributed by atoms with Gasteiger partial charge < -0.3 is 25.2 Å². The molecule has 0 aromatic heterocycles. The SMILES string of the molecule is OC[C@H]1O[C@@H](O)[C@@H](O)C1O. The first-order valence-corrected chi connectivity index (χ1v) is 2.97. The quantitative estimate of drug-likeness (QED) is 0.329. The van der Waals surface area contributed by atoms with E-state index >= 15 is 0 Å². The summed E-state index contributed by atoms with van der Waals surface area (Å²) < 4.78 is 4.54. The van der Waals surface area contributed by atoms with Crippen LogP contribution in [0.1, 0.15) is 0 Å². The molecule has 0 saturated carbocycles. The summed E-state index contributed by atoms with van der Waals surface area (Å²) in [4.78, 5) is 0. The average Bonchev–Trinajstić information content (AvgIpc) is 2.17. The Hall–Kier alpha value is -0.200. The molecule has 10 heavy (non-hydrogen) atoms. The standard InChI is InChI=1S/C5H10O5/c6-1-2-3(7)4(8)5(9)10-2/h2-9H,1H2/t2-,3?,4+,5-/m1/s1. The smallest absolute Gasteiger partial charge is 0.184 e. The molecule has 1 fully saturated rings. The van der Waals surface area contributed by atoms with Crippen molar-refractivity contribution in [3.05, 3.63) is 0 Å². The first kappa shape index (κ1) is 7.90. The summed E-state index contributed by atoms with van der Waals surface area (Å²) in [5.74, 6) is 0. The third kappa shape index (κ3) is 1.14. The molecule has 0 amide bonds. The van der Waals surface area contributed by atoms with Crippen molar-refractivity contribution in [1.82, 2.24) is 0 Å². The zero-order valence-corrected chi connectivity index (χ0v) is 5.21. The fourth-order valence-corrected chi connectivity index (χ4v) is 0.880. The molecule has 0 aromatic carbocycles. The van der Waals surface area contributed by atoms with Crippen LogP contribution >= 0.6 is 0 Å². The van der Waals surface area contributed by atoms with Gasteiger partial charge in [-0.3, -0.25) is 0 Å². The lowest BCUT2D eigenvalue weighted by molar-refractivity contribution is -0.132. The summed E-state index contributed by atoms with van der Waals surface area (Å²) in [5.41, 5.74) is 0. The van der Waals surface area contributed by atoms with Gasteiger partial charge in [0.05, 0.1) is 6.61 Å². The second-order valence-electron chi connectivity index (χ2n) is 2.23. The number of aliphatic hydroxyl groups is 4. The van der Waals surface area contributed by atoms with Gasteiger partial charge in [-0.25, -0.2) is 0 Å². The van der Waals surface area contributed by atoms with Crippen LogP contribution in [-0.2, 0) is 4.74 Å². The molecule has 1 aliphatic rings. The maximum Gasteiger partial charge on any atom is 0.184 e. The third-order valence-corrected chi connectivity index (χ3v) is 1.52. The van der Waals surface area contributed by atoms with E-state index in [1.807, 2.05) is 0 Å². The van der Waals surface area contributed by atoms with Gasteiger partial charge in [-0.2, -0.15) is 0 Å². The molecule has 1 rings (SSSR count). The number of hydrogen-bond donors (Lipinski definition) is 4. The second-order valence-corrected chi connectivity index (χ2v) is 2.23. The van der Waals surface area contributed by atoms with E-state index < -0.39 is 31.2 Å². The summed E-state index contributed by atoms with van der Waals surface area (Å²) in [6.07, 6.45) is -4.76.